The van der Waals surface area contributed by atoms with E-state index < -0.39 is 0 Å². The molecule has 3 nitrogen and oxygen atoms in total. The van der Waals surface area contributed by atoms with E-state index in [2.05, 4.69) is 17.4 Å². The zero-order chi connectivity index (χ0) is 14.9. The molecular formula is C18H29NO2. The molecule has 2 rings (SSSR count). The van der Waals surface area contributed by atoms with Crippen LogP contribution < -0.4 is 10.1 Å². The van der Waals surface area contributed by atoms with E-state index in [-0.39, 0.29) is 6.04 Å². The summed E-state index contributed by atoms with van der Waals surface area (Å²) in [6.45, 7) is 4.36. The van der Waals surface area contributed by atoms with Crippen molar-refractivity contribution in [3.05, 3.63) is 29.8 Å². The summed E-state index contributed by atoms with van der Waals surface area (Å²) >= 11 is 0. The van der Waals surface area contributed by atoms with Crippen LogP contribution in [0, 0.1) is 5.92 Å². The molecule has 0 aromatic heterocycles. The van der Waals surface area contributed by atoms with Gasteiger partial charge in [0.1, 0.15) is 5.75 Å². The quantitative estimate of drug-likeness (QED) is 0.787. The van der Waals surface area contributed by atoms with Gasteiger partial charge in [-0.1, -0.05) is 31.4 Å². The van der Waals surface area contributed by atoms with Crippen LogP contribution in [0.25, 0.3) is 0 Å². The van der Waals surface area contributed by atoms with Crippen LogP contribution in [0.3, 0.4) is 0 Å². The van der Waals surface area contributed by atoms with Gasteiger partial charge in [0.2, 0.25) is 0 Å². The monoisotopic (exact) mass is 291 g/mol. The molecule has 1 unspecified atom stereocenters. The van der Waals surface area contributed by atoms with Gasteiger partial charge in [-0.3, -0.25) is 0 Å². The third-order valence-corrected chi connectivity index (χ3v) is 4.30. The van der Waals surface area contributed by atoms with Crippen molar-refractivity contribution in [2.45, 2.75) is 45.1 Å². The Kier molecular flexibility index (Phi) is 7.04. The summed E-state index contributed by atoms with van der Waals surface area (Å²) < 4.78 is 11.4. The second-order valence-corrected chi connectivity index (χ2v) is 5.88. The number of nitrogens with one attached hydrogen (secondary N) is 1. The van der Waals surface area contributed by atoms with Crippen molar-refractivity contribution < 1.29 is 9.47 Å². The first-order chi connectivity index (χ1) is 10.3. The van der Waals surface area contributed by atoms with Gasteiger partial charge in [0.15, 0.2) is 0 Å². The van der Waals surface area contributed by atoms with Gasteiger partial charge in [0.25, 0.3) is 0 Å². The highest BCUT2D eigenvalue weighted by molar-refractivity contribution is 5.29. The van der Waals surface area contributed by atoms with E-state index >= 15 is 0 Å². The van der Waals surface area contributed by atoms with E-state index in [4.69, 9.17) is 9.47 Å². The van der Waals surface area contributed by atoms with Gasteiger partial charge in [-0.15, -0.1) is 0 Å². The summed E-state index contributed by atoms with van der Waals surface area (Å²) in [4.78, 5) is 0. The van der Waals surface area contributed by atoms with Crippen molar-refractivity contribution in [3.63, 3.8) is 0 Å². The van der Waals surface area contributed by atoms with Crippen LogP contribution in [0.1, 0.15) is 50.6 Å². The molecule has 0 bridgehead atoms. The molecule has 1 N–H and O–H groups in total. The third-order valence-electron chi connectivity index (χ3n) is 4.30. The summed E-state index contributed by atoms with van der Waals surface area (Å²) in [6.07, 6.45) is 6.84. The minimum Gasteiger partial charge on any atom is -0.494 e. The van der Waals surface area contributed by atoms with Crippen molar-refractivity contribution in [2.75, 3.05) is 26.9 Å². The van der Waals surface area contributed by atoms with E-state index in [1.54, 1.807) is 0 Å². The van der Waals surface area contributed by atoms with Crippen molar-refractivity contribution in [1.82, 2.24) is 5.32 Å². The van der Waals surface area contributed by atoms with E-state index in [0.717, 1.165) is 24.9 Å². The number of hydrogen-bond donors (Lipinski definition) is 1. The predicted molar refractivity (Wildman–Crippen MR) is 86.8 cm³/mol. The van der Waals surface area contributed by atoms with Crippen LogP contribution in [0.2, 0.25) is 0 Å². The second kappa shape index (κ2) is 9.06. The Morgan fingerprint density at radius 1 is 1.14 bits per heavy atom. The number of rotatable bonds is 8. The van der Waals surface area contributed by atoms with Crippen molar-refractivity contribution in [2.24, 2.45) is 5.92 Å². The smallest absolute Gasteiger partial charge is 0.119 e. The highest BCUT2D eigenvalue weighted by Crippen LogP contribution is 2.24. The SMILES string of the molecule is CCOc1ccc(C(COCC2CCCCC2)NC)cc1. The van der Waals surface area contributed by atoms with Gasteiger partial charge in [0.05, 0.1) is 19.3 Å². The molecule has 1 aliphatic carbocycles. The lowest BCUT2D eigenvalue weighted by molar-refractivity contribution is 0.0707. The van der Waals surface area contributed by atoms with Crippen LogP contribution in [-0.4, -0.2) is 26.9 Å². The highest BCUT2D eigenvalue weighted by atomic mass is 16.5. The summed E-state index contributed by atoms with van der Waals surface area (Å²) in [7, 11) is 1.99. The Labute approximate surface area is 129 Å². The standard InChI is InChI=1S/C18H29NO2/c1-3-21-17-11-9-16(10-12-17)18(19-2)14-20-13-15-7-5-4-6-8-15/h9-12,15,18-19H,3-8,13-14H2,1-2H3. The van der Waals surface area contributed by atoms with Gasteiger partial charge < -0.3 is 14.8 Å². The predicted octanol–water partition coefficient (Wildman–Crippen LogP) is 3.94. The van der Waals surface area contributed by atoms with Crippen molar-refractivity contribution in [1.29, 1.82) is 0 Å². The lowest BCUT2D eigenvalue weighted by Gasteiger charge is -2.23. The molecule has 21 heavy (non-hydrogen) atoms. The number of benzene rings is 1. The first-order valence-electron chi connectivity index (χ1n) is 8.31. The molecule has 0 saturated heterocycles. The maximum Gasteiger partial charge on any atom is 0.119 e. The fraction of sp³-hybridized carbons (Fsp3) is 0.667. The molecule has 1 aliphatic rings. The number of hydrogen-bond acceptors (Lipinski definition) is 3. The average molecular weight is 291 g/mol. The van der Waals surface area contributed by atoms with Gasteiger partial charge in [0, 0.05) is 6.61 Å². The highest BCUT2D eigenvalue weighted by Gasteiger charge is 2.15. The summed E-state index contributed by atoms with van der Waals surface area (Å²) in [5, 5.41) is 3.34. The molecule has 1 aromatic carbocycles. The lowest BCUT2D eigenvalue weighted by atomic mass is 9.90. The minimum absolute atomic E-state index is 0.254. The lowest BCUT2D eigenvalue weighted by Crippen LogP contribution is -2.24. The van der Waals surface area contributed by atoms with E-state index in [0.29, 0.717) is 6.61 Å². The molecule has 1 saturated carbocycles. The van der Waals surface area contributed by atoms with Gasteiger partial charge in [-0.05, 0) is 50.4 Å². The van der Waals surface area contributed by atoms with E-state index in [1.807, 2.05) is 26.1 Å². The van der Waals surface area contributed by atoms with Crippen molar-refractivity contribution >= 4 is 0 Å². The molecule has 1 atom stereocenters. The molecule has 0 amide bonds. The largest absolute Gasteiger partial charge is 0.494 e. The molecule has 0 aliphatic heterocycles. The first-order valence-corrected chi connectivity index (χ1v) is 8.31. The normalized spacial score (nSPS) is 17.6. The first kappa shape index (κ1) is 16.3. The molecule has 0 spiro atoms. The molecule has 118 valence electrons. The summed E-state index contributed by atoms with van der Waals surface area (Å²) in [6, 6.07) is 8.56. The fourth-order valence-electron chi connectivity index (χ4n) is 3.02. The number of ether oxygens (including phenoxy) is 2. The molecule has 0 heterocycles. The molecular weight excluding hydrogens is 262 g/mol. The Morgan fingerprint density at radius 2 is 1.86 bits per heavy atom. The van der Waals surface area contributed by atoms with Crippen LogP contribution in [0.5, 0.6) is 5.75 Å². The molecule has 0 radical (unpaired) electrons. The topological polar surface area (TPSA) is 30.5 Å². The third kappa shape index (κ3) is 5.33. The van der Waals surface area contributed by atoms with Gasteiger partial charge in [-0.2, -0.15) is 0 Å². The zero-order valence-corrected chi connectivity index (χ0v) is 13.4. The van der Waals surface area contributed by atoms with Gasteiger partial charge >= 0.3 is 0 Å². The fourth-order valence-corrected chi connectivity index (χ4v) is 3.02. The van der Waals surface area contributed by atoms with Crippen molar-refractivity contribution in [3.8, 4) is 5.75 Å². The average Bonchev–Trinajstić information content (AvgIpc) is 2.54. The van der Waals surface area contributed by atoms with Gasteiger partial charge in [-0.25, -0.2) is 0 Å². The molecule has 1 aromatic rings. The van der Waals surface area contributed by atoms with Crippen LogP contribution in [0.15, 0.2) is 24.3 Å². The zero-order valence-electron chi connectivity index (χ0n) is 13.4. The minimum atomic E-state index is 0.254. The van der Waals surface area contributed by atoms with E-state index in [1.165, 1.54) is 37.7 Å². The molecule has 3 heteroatoms. The van der Waals surface area contributed by atoms with Crippen LogP contribution in [-0.2, 0) is 4.74 Å². The Hall–Kier alpha value is -1.06. The second-order valence-electron chi connectivity index (χ2n) is 5.88. The maximum absolute atomic E-state index is 5.96. The Bertz CT molecular complexity index is 385. The van der Waals surface area contributed by atoms with Crippen LogP contribution >= 0.6 is 0 Å². The van der Waals surface area contributed by atoms with E-state index in [9.17, 15) is 0 Å². The maximum atomic E-state index is 5.96. The number of likely N-dealkylation sites (N-methyl/N-ethyl adjacent to an activating group) is 1. The Balaban J connectivity index is 1.78. The molecule has 1 fully saturated rings. The summed E-state index contributed by atoms with van der Waals surface area (Å²) in [5.41, 5.74) is 1.25. The van der Waals surface area contributed by atoms with Crippen LogP contribution in [0.4, 0.5) is 0 Å². The summed E-state index contributed by atoms with van der Waals surface area (Å²) in [5.74, 6) is 1.70. The Morgan fingerprint density at radius 3 is 2.48 bits per heavy atom.